The molecule has 0 fully saturated rings. The number of hydrogen-bond donors (Lipinski definition) is 1. The van der Waals surface area contributed by atoms with E-state index >= 15 is 0 Å². The molecule has 94 valence electrons. The Labute approximate surface area is 111 Å². The molecule has 2 aromatic heterocycles. The maximum absolute atomic E-state index is 4.16. The van der Waals surface area contributed by atoms with Crippen molar-refractivity contribution in [1.82, 2.24) is 15.2 Å². The minimum absolute atomic E-state index is 0.814. The molecule has 1 aromatic carbocycles. The lowest BCUT2D eigenvalue weighted by Crippen LogP contribution is -2.07. The average Bonchev–Trinajstić information content (AvgIpc) is 2.49. The lowest BCUT2D eigenvalue weighted by Gasteiger charge is -2.07. The van der Waals surface area contributed by atoms with Gasteiger partial charge in [-0.15, -0.1) is 5.10 Å². The zero-order valence-corrected chi connectivity index (χ0v) is 10.5. The zero-order chi connectivity index (χ0) is 12.9. The molecule has 0 bridgehead atoms. The molecule has 3 rings (SSSR count). The SMILES string of the molecule is c1cncc(CCNc2nncc3ccccc23)c1. The van der Waals surface area contributed by atoms with Crippen molar-refractivity contribution in [2.75, 3.05) is 11.9 Å². The lowest BCUT2D eigenvalue weighted by atomic mass is 10.2. The Morgan fingerprint density at radius 2 is 1.95 bits per heavy atom. The second kappa shape index (κ2) is 5.44. The molecular formula is C15H14N4. The van der Waals surface area contributed by atoms with Crippen LogP contribution in [-0.4, -0.2) is 21.7 Å². The third kappa shape index (κ3) is 2.68. The van der Waals surface area contributed by atoms with E-state index < -0.39 is 0 Å². The van der Waals surface area contributed by atoms with Crippen LogP contribution in [0, 0.1) is 0 Å². The summed E-state index contributed by atoms with van der Waals surface area (Å²) in [6, 6.07) is 12.1. The van der Waals surface area contributed by atoms with E-state index in [1.165, 1.54) is 5.56 Å². The Bertz CT molecular complexity index is 662. The van der Waals surface area contributed by atoms with Crippen molar-refractivity contribution in [2.24, 2.45) is 0 Å². The van der Waals surface area contributed by atoms with Gasteiger partial charge < -0.3 is 5.32 Å². The van der Waals surface area contributed by atoms with Crippen molar-refractivity contribution in [2.45, 2.75) is 6.42 Å². The van der Waals surface area contributed by atoms with Gasteiger partial charge in [-0.1, -0.05) is 30.3 Å². The van der Waals surface area contributed by atoms with Crippen molar-refractivity contribution in [3.05, 3.63) is 60.6 Å². The largest absolute Gasteiger partial charge is 0.368 e. The molecule has 0 atom stereocenters. The Balaban J connectivity index is 1.72. The second-order valence-corrected chi connectivity index (χ2v) is 4.32. The minimum atomic E-state index is 0.814. The van der Waals surface area contributed by atoms with E-state index in [1.54, 1.807) is 12.4 Å². The van der Waals surface area contributed by atoms with E-state index in [1.807, 2.05) is 30.5 Å². The fourth-order valence-electron chi connectivity index (χ4n) is 2.03. The molecule has 0 amide bonds. The van der Waals surface area contributed by atoms with Crippen molar-refractivity contribution >= 4 is 16.6 Å². The van der Waals surface area contributed by atoms with Crippen LogP contribution in [-0.2, 0) is 6.42 Å². The number of nitrogens with one attached hydrogen (secondary N) is 1. The summed E-state index contributed by atoms with van der Waals surface area (Å²) in [5.41, 5.74) is 1.21. The number of pyridine rings is 1. The summed E-state index contributed by atoms with van der Waals surface area (Å²) in [4.78, 5) is 4.10. The topological polar surface area (TPSA) is 50.7 Å². The first-order valence-corrected chi connectivity index (χ1v) is 6.27. The van der Waals surface area contributed by atoms with E-state index in [2.05, 4.69) is 32.6 Å². The first kappa shape index (κ1) is 11.6. The molecule has 1 N–H and O–H groups in total. The standard InChI is InChI=1S/C15H14N4/c1-2-6-14-13(5-1)11-18-19-15(14)17-9-7-12-4-3-8-16-10-12/h1-6,8,10-11H,7,9H2,(H,17,19). The first-order valence-electron chi connectivity index (χ1n) is 6.27. The van der Waals surface area contributed by atoms with Crippen molar-refractivity contribution in [3.63, 3.8) is 0 Å². The molecular weight excluding hydrogens is 236 g/mol. The first-order chi connectivity index (χ1) is 9.43. The molecule has 0 saturated carbocycles. The Hall–Kier alpha value is -2.49. The molecule has 0 radical (unpaired) electrons. The van der Waals surface area contributed by atoms with Crippen LogP contribution in [0.4, 0.5) is 5.82 Å². The van der Waals surface area contributed by atoms with E-state index in [0.717, 1.165) is 29.6 Å². The fourth-order valence-corrected chi connectivity index (χ4v) is 2.03. The zero-order valence-electron chi connectivity index (χ0n) is 10.5. The van der Waals surface area contributed by atoms with Crippen molar-refractivity contribution in [1.29, 1.82) is 0 Å². The number of benzene rings is 1. The number of aromatic nitrogens is 3. The number of rotatable bonds is 4. The van der Waals surface area contributed by atoms with Crippen LogP contribution in [0.3, 0.4) is 0 Å². The molecule has 3 aromatic rings. The highest BCUT2D eigenvalue weighted by molar-refractivity contribution is 5.90. The molecule has 0 aliphatic carbocycles. The van der Waals surface area contributed by atoms with Gasteiger partial charge in [0.05, 0.1) is 6.20 Å². The summed E-state index contributed by atoms with van der Waals surface area (Å²) < 4.78 is 0. The minimum Gasteiger partial charge on any atom is -0.368 e. The third-order valence-corrected chi connectivity index (χ3v) is 3.00. The van der Waals surface area contributed by atoms with Crippen LogP contribution < -0.4 is 5.32 Å². The average molecular weight is 250 g/mol. The van der Waals surface area contributed by atoms with Gasteiger partial charge in [0.15, 0.2) is 5.82 Å². The second-order valence-electron chi connectivity index (χ2n) is 4.32. The number of nitrogens with zero attached hydrogens (tertiary/aromatic N) is 3. The van der Waals surface area contributed by atoms with E-state index in [-0.39, 0.29) is 0 Å². The number of anilines is 1. The monoisotopic (exact) mass is 250 g/mol. The molecule has 4 heteroatoms. The van der Waals surface area contributed by atoms with Crippen LogP contribution in [0.25, 0.3) is 10.8 Å². The van der Waals surface area contributed by atoms with Gasteiger partial charge in [0.25, 0.3) is 0 Å². The van der Waals surface area contributed by atoms with Gasteiger partial charge in [0.2, 0.25) is 0 Å². The van der Waals surface area contributed by atoms with Crippen LogP contribution in [0.15, 0.2) is 55.0 Å². The van der Waals surface area contributed by atoms with Gasteiger partial charge in [-0.2, -0.15) is 5.10 Å². The summed E-state index contributed by atoms with van der Waals surface area (Å²) >= 11 is 0. The smallest absolute Gasteiger partial charge is 0.156 e. The molecule has 19 heavy (non-hydrogen) atoms. The van der Waals surface area contributed by atoms with Gasteiger partial charge in [0.1, 0.15) is 0 Å². The highest BCUT2D eigenvalue weighted by atomic mass is 15.2. The van der Waals surface area contributed by atoms with Crippen molar-refractivity contribution in [3.8, 4) is 0 Å². The maximum Gasteiger partial charge on any atom is 0.156 e. The predicted octanol–water partition coefficient (Wildman–Crippen LogP) is 2.68. The van der Waals surface area contributed by atoms with E-state index in [4.69, 9.17) is 0 Å². The highest BCUT2D eigenvalue weighted by Gasteiger charge is 2.01. The Kier molecular flexibility index (Phi) is 3.32. The Morgan fingerprint density at radius 3 is 2.84 bits per heavy atom. The van der Waals surface area contributed by atoms with Crippen molar-refractivity contribution < 1.29 is 0 Å². The van der Waals surface area contributed by atoms with Crippen LogP contribution in [0.1, 0.15) is 5.56 Å². The van der Waals surface area contributed by atoms with Gasteiger partial charge in [-0.3, -0.25) is 4.98 Å². The predicted molar refractivity (Wildman–Crippen MR) is 76.0 cm³/mol. The summed E-state index contributed by atoms with van der Waals surface area (Å²) in [5.74, 6) is 0.835. The van der Waals surface area contributed by atoms with E-state index in [9.17, 15) is 0 Å². The molecule has 0 saturated heterocycles. The van der Waals surface area contributed by atoms with Gasteiger partial charge in [-0.05, 0) is 18.1 Å². The van der Waals surface area contributed by atoms with Crippen LogP contribution in [0.2, 0.25) is 0 Å². The number of hydrogen-bond acceptors (Lipinski definition) is 4. The van der Waals surface area contributed by atoms with E-state index in [0.29, 0.717) is 0 Å². The normalized spacial score (nSPS) is 10.5. The molecule has 0 unspecified atom stereocenters. The molecule has 4 nitrogen and oxygen atoms in total. The summed E-state index contributed by atoms with van der Waals surface area (Å²) in [6.45, 7) is 0.814. The molecule has 2 heterocycles. The van der Waals surface area contributed by atoms with Gasteiger partial charge >= 0.3 is 0 Å². The maximum atomic E-state index is 4.16. The molecule has 0 spiro atoms. The highest BCUT2D eigenvalue weighted by Crippen LogP contribution is 2.18. The summed E-state index contributed by atoms with van der Waals surface area (Å²) in [6.07, 6.45) is 6.37. The van der Waals surface area contributed by atoms with Crippen LogP contribution >= 0.6 is 0 Å². The molecule has 0 aliphatic rings. The van der Waals surface area contributed by atoms with Gasteiger partial charge in [0, 0.05) is 29.7 Å². The van der Waals surface area contributed by atoms with Gasteiger partial charge in [-0.25, -0.2) is 0 Å². The Morgan fingerprint density at radius 1 is 1.00 bits per heavy atom. The quantitative estimate of drug-likeness (QED) is 0.773. The molecule has 0 aliphatic heterocycles. The third-order valence-electron chi connectivity index (χ3n) is 3.00. The van der Waals surface area contributed by atoms with Crippen LogP contribution in [0.5, 0.6) is 0 Å². The summed E-state index contributed by atoms with van der Waals surface area (Å²) in [7, 11) is 0. The summed E-state index contributed by atoms with van der Waals surface area (Å²) in [5, 5.41) is 13.7. The fraction of sp³-hybridized carbons (Fsp3) is 0.133. The lowest BCUT2D eigenvalue weighted by molar-refractivity contribution is 0.970. The number of fused-ring (bicyclic) bond motifs is 1.